The molecule has 1 aliphatic heterocycles. The molecule has 4 atom stereocenters. The maximum absolute atomic E-state index is 12.7. The van der Waals surface area contributed by atoms with E-state index in [2.05, 4.69) is 53.3 Å². The minimum atomic E-state index is -0.00940. The van der Waals surface area contributed by atoms with Gasteiger partial charge in [0.15, 0.2) is 0 Å². The van der Waals surface area contributed by atoms with Gasteiger partial charge in [0, 0.05) is 48.9 Å². The molecule has 25 heavy (non-hydrogen) atoms. The molecule has 0 bridgehead atoms. The average molecular weight is 335 g/mol. The molecule has 1 amide bonds. The van der Waals surface area contributed by atoms with Gasteiger partial charge in [0.2, 0.25) is 0 Å². The summed E-state index contributed by atoms with van der Waals surface area (Å²) < 4.78 is 0. The molecule has 2 aromatic rings. The Balaban J connectivity index is 1.61. The van der Waals surface area contributed by atoms with Crippen molar-refractivity contribution in [1.82, 2.24) is 15.2 Å². The number of hydrogen-bond acceptors (Lipinski definition) is 3. The number of amides is 1. The molecule has 1 fully saturated rings. The molecule has 130 valence electrons. The van der Waals surface area contributed by atoms with Crippen molar-refractivity contribution in [2.45, 2.75) is 38.3 Å². The summed E-state index contributed by atoms with van der Waals surface area (Å²) >= 11 is 0. The molecular formula is C21H25N3O. The van der Waals surface area contributed by atoms with Gasteiger partial charge in [0.1, 0.15) is 0 Å². The molecule has 0 saturated carbocycles. The summed E-state index contributed by atoms with van der Waals surface area (Å²) in [6.45, 7) is 6.70. The summed E-state index contributed by atoms with van der Waals surface area (Å²) in [7, 11) is 0. The van der Waals surface area contributed by atoms with Crippen LogP contribution in [0, 0.1) is 5.92 Å². The highest BCUT2D eigenvalue weighted by molar-refractivity contribution is 5.94. The van der Waals surface area contributed by atoms with Gasteiger partial charge in [-0.25, -0.2) is 0 Å². The van der Waals surface area contributed by atoms with Crippen molar-refractivity contribution in [1.29, 1.82) is 0 Å². The second-order valence-corrected chi connectivity index (χ2v) is 7.30. The number of rotatable bonds is 4. The van der Waals surface area contributed by atoms with Crippen LogP contribution < -0.4 is 5.32 Å². The fraction of sp³-hybridized carbons (Fsp3) is 0.429. The number of pyridine rings is 1. The van der Waals surface area contributed by atoms with Crippen molar-refractivity contribution in [2.24, 2.45) is 5.92 Å². The largest absolute Gasteiger partial charge is 0.345 e. The fourth-order valence-electron chi connectivity index (χ4n) is 4.42. The van der Waals surface area contributed by atoms with Crippen LogP contribution in [0.2, 0.25) is 0 Å². The average Bonchev–Trinajstić information content (AvgIpc) is 3.21. The maximum Gasteiger partial charge on any atom is 0.251 e. The van der Waals surface area contributed by atoms with E-state index >= 15 is 0 Å². The van der Waals surface area contributed by atoms with Crippen LogP contribution >= 0.6 is 0 Å². The zero-order valence-electron chi connectivity index (χ0n) is 14.9. The van der Waals surface area contributed by atoms with Gasteiger partial charge in [-0.05, 0) is 36.6 Å². The van der Waals surface area contributed by atoms with Crippen molar-refractivity contribution in [3.63, 3.8) is 0 Å². The zero-order valence-corrected chi connectivity index (χ0v) is 14.9. The summed E-state index contributed by atoms with van der Waals surface area (Å²) in [6.07, 6.45) is 4.50. The van der Waals surface area contributed by atoms with Gasteiger partial charge >= 0.3 is 0 Å². The first kappa shape index (κ1) is 16.3. The lowest BCUT2D eigenvalue weighted by molar-refractivity contribution is 0.0923. The number of hydrogen-bond donors (Lipinski definition) is 1. The predicted octanol–water partition coefficient (Wildman–Crippen LogP) is 3.38. The second kappa shape index (κ2) is 6.60. The Morgan fingerprint density at radius 2 is 1.92 bits per heavy atom. The van der Waals surface area contributed by atoms with E-state index in [4.69, 9.17) is 0 Å². The maximum atomic E-state index is 12.7. The fourth-order valence-corrected chi connectivity index (χ4v) is 4.42. The highest BCUT2D eigenvalue weighted by Crippen LogP contribution is 2.49. The third kappa shape index (κ3) is 2.85. The van der Waals surface area contributed by atoms with Crippen molar-refractivity contribution in [2.75, 3.05) is 13.1 Å². The van der Waals surface area contributed by atoms with Crippen LogP contribution in [0.5, 0.6) is 0 Å². The summed E-state index contributed by atoms with van der Waals surface area (Å²) in [5.74, 6) is 0.968. The Bertz CT molecular complexity index is 761. The number of benzene rings is 1. The van der Waals surface area contributed by atoms with E-state index in [1.807, 2.05) is 0 Å². The Morgan fingerprint density at radius 3 is 2.64 bits per heavy atom. The number of aromatic nitrogens is 1. The molecule has 2 heterocycles. The highest BCUT2D eigenvalue weighted by atomic mass is 16.1. The number of carbonyl (C=O) groups is 1. The molecule has 0 spiro atoms. The quantitative estimate of drug-likeness (QED) is 0.932. The molecule has 1 aliphatic carbocycles. The molecule has 2 aliphatic rings. The van der Waals surface area contributed by atoms with Crippen LogP contribution in [-0.4, -0.2) is 34.9 Å². The molecule has 1 N–H and O–H groups in total. The Kier molecular flexibility index (Phi) is 4.30. The summed E-state index contributed by atoms with van der Waals surface area (Å²) in [5, 5.41) is 3.31. The lowest BCUT2D eigenvalue weighted by atomic mass is 9.94. The van der Waals surface area contributed by atoms with Gasteiger partial charge in [-0.3, -0.25) is 14.7 Å². The van der Waals surface area contributed by atoms with Gasteiger partial charge in [-0.1, -0.05) is 31.2 Å². The van der Waals surface area contributed by atoms with Crippen molar-refractivity contribution in [3.05, 3.63) is 65.5 Å². The molecule has 4 rings (SSSR count). The summed E-state index contributed by atoms with van der Waals surface area (Å²) in [5.41, 5.74) is 3.38. The van der Waals surface area contributed by atoms with E-state index in [9.17, 15) is 4.79 Å². The van der Waals surface area contributed by atoms with Crippen LogP contribution in [-0.2, 0) is 0 Å². The molecule has 1 aromatic heterocycles. The van der Waals surface area contributed by atoms with E-state index in [1.165, 1.54) is 11.1 Å². The monoisotopic (exact) mass is 335 g/mol. The van der Waals surface area contributed by atoms with E-state index in [0.29, 0.717) is 23.4 Å². The number of carbonyl (C=O) groups excluding carboxylic acids is 1. The number of nitrogens with zero attached hydrogens (tertiary/aromatic N) is 2. The lowest BCUT2D eigenvalue weighted by Gasteiger charge is -2.26. The first-order valence-electron chi connectivity index (χ1n) is 9.22. The smallest absolute Gasteiger partial charge is 0.251 e. The van der Waals surface area contributed by atoms with Crippen LogP contribution in [0.1, 0.15) is 53.7 Å². The Labute approximate surface area is 149 Å². The number of nitrogens with one attached hydrogen (secondary N) is 1. The number of fused-ring (bicyclic) bond motifs is 3. The van der Waals surface area contributed by atoms with E-state index in [1.54, 1.807) is 24.5 Å². The van der Waals surface area contributed by atoms with E-state index < -0.39 is 0 Å². The second-order valence-electron chi connectivity index (χ2n) is 7.30. The third-order valence-corrected chi connectivity index (χ3v) is 6.00. The SMILES string of the molecule is CCC(C)N1C[C@@H]2[C@H](NC(=O)c3ccncc3)c3ccccc3[C@@H]2C1. The summed E-state index contributed by atoms with van der Waals surface area (Å²) in [6, 6.07) is 12.9. The molecule has 0 radical (unpaired) electrons. The van der Waals surface area contributed by atoms with Gasteiger partial charge in [-0.15, -0.1) is 0 Å². The minimum Gasteiger partial charge on any atom is -0.345 e. The van der Waals surface area contributed by atoms with Gasteiger partial charge in [-0.2, -0.15) is 0 Å². The van der Waals surface area contributed by atoms with Gasteiger partial charge in [0.05, 0.1) is 6.04 Å². The van der Waals surface area contributed by atoms with Crippen LogP contribution in [0.3, 0.4) is 0 Å². The topological polar surface area (TPSA) is 45.2 Å². The Hall–Kier alpha value is -2.20. The normalized spacial score (nSPS) is 26.1. The molecule has 1 unspecified atom stereocenters. The van der Waals surface area contributed by atoms with Crippen LogP contribution in [0.15, 0.2) is 48.8 Å². The Morgan fingerprint density at radius 1 is 1.20 bits per heavy atom. The number of likely N-dealkylation sites (tertiary alicyclic amines) is 1. The van der Waals surface area contributed by atoms with Crippen molar-refractivity contribution >= 4 is 5.91 Å². The van der Waals surface area contributed by atoms with Crippen molar-refractivity contribution in [3.8, 4) is 0 Å². The molecule has 1 aromatic carbocycles. The van der Waals surface area contributed by atoms with Gasteiger partial charge in [0.25, 0.3) is 5.91 Å². The standard InChI is InChI=1S/C21H25N3O/c1-3-14(2)24-12-18-16-6-4-5-7-17(16)20(19(18)13-24)23-21(25)15-8-10-22-11-9-15/h4-11,14,18-20H,3,12-13H2,1-2H3,(H,23,25)/t14?,18-,19-,20+/m0/s1. The predicted molar refractivity (Wildman–Crippen MR) is 98.4 cm³/mol. The molecule has 1 saturated heterocycles. The van der Waals surface area contributed by atoms with E-state index in [-0.39, 0.29) is 11.9 Å². The van der Waals surface area contributed by atoms with Crippen LogP contribution in [0.4, 0.5) is 0 Å². The minimum absolute atomic E-state index is 0.00940. The summed E-state index contributed by atoms with van der Waals surface area (Å²) in [4.78, 5) is 19.3. The van der Waals surface area contributed by atoms with Crippen molar-refractivity contribution < 1.29 is 4.79 Å². The molecular weight excluding hydrogens is 310 g/mol. The zero-order chi connectivity index (χ0) is 17.4. The molecule has 4 heteroatoms. The first-order valence-corrected chi connectivity index (χ1v) is 9.22. The van der Waals surface area contributed by atoms with E-state index in [0.717, 1.165) is 19.5 Å². The first-order chi connectivity index (χ1) is 12.2. The molecule has 4 nitrogen and oxygen atoms in total. The van der Waals surface area contributed by atoms with Crippen LogP contribution in [0.25, 0.3) is 0 Å². The highest BCUT2D eigenvalue weighted by Gasteiger charge is 2.47. The lowest BCUT2D eigenvalue weighted by Crippen LogP contribution is -2.35. The third-order valence-electron chi connectivity index (χ3n) is 6.00. The van der Waals surface area contributed by atoms with Gasteiger partial charge < -0.3 is 5.32 Å².